The van der Waals surface area contributed by atoms with E-state index in [9.17, 15) is 30.3 Å². The quantitative estimate of drug-likeness (QED) is 0.236. The number of benzene rings is 2. The molecule has 160 valence electrons. The molecule has 0 aliphatic carbocycles. The lowest BCUT2D eigenvalue weighted by Gasteiger charge is -2.33. The largest absolute Gasteiger partial charge is 0.698 e. The van der Waals surface area contributed by atoms with Crippen molar-refractivity contribution in [3.05, 3.63) is 102 Å². The molecule has 10 heteroatoms. The number of hydrazine groups is 1. The standard InChI is InChI=1S/C20H24N4O6/c1-19(23(27)28,15-13-17-9-5-3-6-10-17)21(25)22(26)20(2,24(29)30)16-14-18-11-7-4-8-12-18/h3-12H,13-16H2,1-2H3. The summed E-state index contributed by atoms with van der Waals surface area (Å²) in [5, 5.41) is 35.8. The molecule has 2 aromatic rings. The van der Waals surface area contributed by atoms with Crippen LogP contribution in [-0.2, 0) is 12.8 Å². The van der Waals surface area contributed by atoms with E-state index in [2.05, 4.69) is 0 Å². The van der Waals surface area contributed by atoms with Crippen molar-refractivity contribution in [1.29, 1.82) is 0 Å². The van der Waals surface area contributed by atoms with Crippen LogP contribution in [0.25, 0.3) is 0 Å². The third kappa shape index (κ3) is 4.95. The van der Waals surface area contributed by atoms with Crippen LogP contribution in [0.5, 0.6) is 0 Å². The van der Waals surface area contributed by atoms with Crippen LogP contribution in [-0.4, -0.2) is 31.2 Å². The topological polar surface area (TPSA) is 133 Å². The van der Waals surface area contributed by atoms with Crippen molar-refractivity contribution >= 4 is 0 Å². The van der Waals surface area contributed by atoms with E-state index in [1.165, 1.54) is 0 Å². The first kappa shape index (κ1) is 22.9. The molecule has 0 aliphatic rings. The predicted molar refractivity (Wildman–Crippen MR) is 109 cm³/mol. The fraction of sp³-hybridized carbons (Fsp3) is 0.400. The monoisotopic (exact) mass is 416 g/mol. The molecular weight excluding hydrogens is 392 g/mol. The van der Waals surface area contributed by atoms with Gasteiger partial charge in [0.05, 0.1) is 28.1 Å². The van der Waals surface area contributed by atoms with Crippen molar-refractivity contribution in [2.45, 2.75) is 50.9 Å². The second-order valence-corrected chi connectivity index (χ2v) is 7.47. The molecule has 0 saturated heterocycles. The van der Waals surface area contributed by atoms with Gasteiger partial charge in [0.2, 0.25) is 0 Å². The van der Waals surface area contributed by atoms with Crippen LogP contribution in [0.1, 0.15) is 37.8 Å². The zero-order valence-corrected chi connectivity index (χ0v) is 16.8. The molecule has 0 radical (unpaired) electrons. The maximum absolute atomic E-state index is 12.8. The van der Waals surface area contributed by atoms with Gasteiger partial charge in [-0.25, -0.2) is 0 Å². The lowest BCUT2D eigenvalue weighted by molar-refractivity contribution is -0.913. The molecule has 0 N–H and O–H groups in total. The highest BCUT2D eigenvalue weighted by molar-refractivity contribution is 5.15. The van der Waals surface area contributed by atoms with E-state index in [1.54, 1.807) is 60.7 Å². The van der Waals surface area contributed by atoms with Crippen LogP contribution >= 0.6 is 0 Å². The Bertz CT molecular complexity index is 895. The van der Waals surface area contributed by atoms with Gasteiger partial charge in [0.25, 0.3) is 0 Å². The summed E-state index contributed by atoms with van der Waals surface area (Å²) in [6.45, 7) is 2.01. The predicted octanol–water partition coefficient (Wildman–Crippen LogP) is 3.73. The summed E-state index contributed by atoms with van der Waals surface area (Å²) in [5.41, 5.74) is -3.22. The highest BCUT2D eigenvalue weighted by atomic mass is 16.7. The van der Waals surface area contributed by atoms with Gasteiger partial charge in [-0.15, -0.1) is 5.17 Å². The summed E-state index contributed by atoms with van der Waals surface area (Å²) in [6.07, 6.45) is -0.272. The summed E-state index contributed by atoms with van der Waals surface area (Å²) in [4.78, 5) is 34.0. The van der Waals surface area contributed by atoms with Gasteiger partial charge in [0.15, 0.2) is 4.87 Å². The number of nitrogens with zero attached hydrogens (tertiary/aromatic N) is 4. The first-order valence-corrected chi connectivity index (χ1v) is 9.43. The molecule has 2 atom stereocenters. The Kier molecular flexibility index (Phi) is 7.17. The van der Waals surface area contributed by atoms with Crippen molar-refractivity contribution in [1.82, 2.24) is 5.17 Å². The van der Waals surface area contributed by atoms with E-state index in [4.69, 9.17) is 0 Å². The van der Waals surface area contributed by atoms with Crippen molar-refractivity contribution < 1.29 is 14.7 Å². The lowest BCUT2D eigenvalue weighted by Crippen LogP contribution is -2.61. The van der Waals surface area contributed by atoms with Crippen LogP contribution < -0.4 is 0 Å². The number of hydrogen-bond donors (Lipinski definition) is 0. The van der Waals surface area contributed by atoms with E-state index in [0.717, 1.165) is 25.0 Å². The van der Waals surface area contributed by atoms with Gasteiger partial charge in [-0.3, -0.25) is 20.2 Å². The number of aryl methyl sites for hydroxylation is 2. The molecule has 0 aromatic heterocycles. The Labute approximate surface area is 173 Å². The summed E-state index contributed by atoms with van der Waals surface area (Å²) >= 11 is 0. The van der Waals surface area contributed by atoms with Gasteiger partial charge in [-0.05, 0) is 24.0 Å². The molecule has 30 heavy (non-hydrogen) atoms. The van der Waals surface area contributed by atoms with Gasteiger partial charge in [-0.2, -0.15) is 0 Å². The van der Waals surface area contributed by atoms with Crippen molar-refractivity contribution in [3.63, 3.8) is 0 Å². The second kappa shape index (κ2) is 9.40. The Hall–Kier alpha value is -3.40. The molecule has 0 saturated carbocycles. The SMILES string of the molecule is CC(CCc1ccccc1)(N([O-])[N+](=O)C(C)(CCc1ccccc1)[N+](=O)[O-])[N+](=O)[O-]. The normalized spacial score (nSPS) is 14.9. The van der Waals surface area contributed by atoms with Gasteiger partial charge in [0, 0.05) is 13.3 Å². The first-order chi connectivity index (χ1) is 14.1. The van der Waals surface area contributed by atoms with Crippen molar-refractivity contribution in [2.24, 2.45) is 0 Å². The van der Waals surface area contributed by atoms with E-state index in [1.807, 2.05) is 0 Å². The van der Waals surface area contributed by atoms with Crippen molar-refractivity contribution in [3.8, 4) is 0 Å². The highest BCUT2D eigenvalue weighted by Crippen LogP contribution is 2.28. The smallest absolute Gasteiger partial charge is 0.474 e. The summed E-state index contributed by atoms with van der Waals surface area (Å²) < 4.78 is 0. The molecule has 0 aliphatic heterocycles. The average Bonchev–Trinajstić information content (AvgIpc) is 2.75. The Morgan fingerprint density at radius 1 is 0.767 bits per heavy atom. The van der Waals surface area contributed by atoms with E-state index in [0.29, 0.717) is 0 Å². The van der Waals surface area contributed by atoms with Gasteiger partial charge in [-0.1, -0.05) is 60.7 Å². The number of rotatable bonds is 11. The van der Waals surface area contributed by atoms with Gasteiger partial charge < -0.3 is 5.21 Å². The number of nitro groups is 2. The van der Waals surface area contributed by atoms with Crippen LogP contribution in [0, 0.1) is 30.3 Å². The molecular formula is C20H24N4O6. The van der Waals surface area contributed by atoms with Crippen LogP contribution in [0.2, 0.25) is 0 Å². The Morgan fingerprint density at radius 2 is 1.20 bits per heavy atom. The summed E-state index contributed by atoms with van der Waals surface area (Å²) in [7, 11) is 0. The van der Waals surface area contributed by atoms with Gasteiger partial charge >= 0.3 is 11.3 Å². The van der Waals surface area contributed by atoms with Crippen LogP contribution in [0.15, 0.2) is 60.7 Å². The fourth-order valence-electron chi connectivity index (χ4n) is 2.96. The molecule has 0 amide bonds. The van der Waals surface area contributed by atoms with E-state index >= 15 is 0 Å². The third-order valence-electron chi connectivity index (χ3n) is 5.24. The average molecular weight is 416 g/mol. The number of hydroxylamine groups is 1. The molecule has 0 bridgehead atoms. The maximum atomic E-state index is 12.8. The highest BCUT2D eigenvalue weighted by Gasteiger charge is 2.60. The van der Waals surface area contributed by atoms with Crippen LogP contribution in [0.3, 0.4) is 0 Å². The van der Waals surface area contributed by atoms with Crippen LogP contribution in [0.4, 0.5) is 0 Å². The maximum Gasteiger partial charge on any atom is 0.474 e. The minimum atomic E-state index is -2.36. The molecule has 0 fully saturated rings. The minimum Gasteiger partial charge on any atom is -0.698 e. The first-order valence-electron chi connectivity index (χ1n) is 9.43. The zero-order chi connectivity index (χ0) is 22.4. The minimum absolute atomic E-state index is 0.157. The number of hydrogen-bond acceptors (Lipinski definition) is 6. The molecule has 2 aromatic carbocycles. The fourth-order valence-corrected chi connectivity index (χ4v) is 2.96. The zero-order valence-electron chi connectivity index (χ0n) is 16.8. The van der Waals surface area contributed by atoms with E-state index in [-0.39, 0.29) is 25.7 Å². The molecule has 10 nitrogen and oxygen atoms in total. The third-order valence-corrected chi connectivity index (χ3v) is 5.24. The number of nitroso groups, excluding NO2 is 1. The Balaban J connectivity index is 2.23. The molecule has 0 spiro atoms. The summed E-state index contributed by atoms with van der Waals surface area (Å²) in [6, 6.07) is 17.5. The summed E-state index contributed by atoms with van der Waals surface area (Å²) in [5.74, 6) is 0. The second-order valence-electron chi connectivity index (χ2n) is 7.47. The molecule has 0 heterocycles. The Morgan fingerprint density at radius 3 is 1.60 bits per heavy atom. The molecule has 2 unspecified atom stereocenters. The molecule has 2 rings (SSSR count). The van der Waals surface area contributed by atoms with Crippen molar-refractivity contribution in [2.75, 3.05) is 0 Å². The van der Waals surface area contributed by atoms with E-state index < -0.39 is 31.2 Å². The van der Waals surface area contributed by atoms with Gasteiger partial charge in [0.1, 0.15) is 0 Å². The lowest BCUT2D eigenvalue weighted by atomic mass is 10.0.